The van der Waals surface area contributed by atoms with Crippen LogP contribution in [0, 0.1) is 0 Å². The summed E-state index contributed by atoms with van der Waals surface area (Å²) in [5, 5.41) is 3.08. The number of halogens is 1. The van der Waals surface area contributed by atoms with Crippen LogP contribution in [0.5, 0.6) is 0 Å². The van der Waals surface area contributed by atoms with E-state index in [1.807, 2.05) is 24.5 Å². The molecule has 0 aliphatic carbocycles. The summed E-state index contributed by atoms with van der Waals surface area (Å²) in [7, 11) is 0. The molecular formula is C15H22BrN3OS. The highest BCUT2D eigenvalue weighted by atomic mass is 79.9. The molecule has 1 aromatic rings. The van der Waals surface area contributed by atoms with Crippen molar-refractivity contribution in [2.75, 3.05) is 30.0 Å². The summed E-state index contributed by atoms with van der Waals surface area (Å²) in [5.74, 6) is 0.894. The third kappa shape index (κ3) is 4.63. The lowest BCUT2D eigenvalue weighted by molar-refractivity contribution is -0.122. The van der Waals surface area contributed by atoms with Crippen LogP contribution in [0.25, 0.3) is 0 Å². The van der Waals surface area contributed by atoms with Crippen molar-refractivity contribution in [3.05, 3.63) is 28.7 Å². The molecule has 0 bridgehead atoms. The first-order valence-electron chi connectivity index (χ1n) is 7.16. The van der Waals surface area contributed by atoms with E-state index in [1.54, 1.807) is 11.8 Å². The van der Waals surface area contributed by atoms with Gasteiger partial charge < -0.3 is 16.0 Å². The Labute approximate surface area is 139 Å². The second-order valence-corrected chi connectivity index (χ2v) is 7.12. The Morgan fingerprint density at radius 1 is 1.57 bits per heavy atom. The van der Waals surface area contributed by atoms with Crippen molar-refractivity contribution >= 4 is 39.3 Å². The van der Waals surface area contributed by atoms with E-state index in [-0.39, 0.29) is 11.9 Å². The monoisotopic (exact) mass is 371 g/mol. The highest BCUT2D eigenvalue weighted by Crippen LogP contribution is 2.28. The topological polar surface area (TPSA) is 58.4 Å². The van der Waals surface area contributed by atoms with E-state index in [0.717, 1.165) is 36.2 Å². The van der Waals surface area contributed by atoms with Crippen molar-refractivity contribution in [1.29, 1.82) is 0 Å². The molecule has 3 N–H and O–H groups in total. The summed E-state index contributed by atoms with van der Waals surface area (Å²) in [6, 6.07) is 7.97. The van der Waals surface area contributed by atoms with Gasteiger partial charge in [-0.15, -0.1) is 0 Å². The maximum absolute atomic E-state index is 12.0. The summed E-state index contributed by atoms with van der Waals surface area (Å²) in [6.07, 6.45) is 3.72. The minimum absolute atomic E-state index is 0.0250. The van der Waals surface area contributed by atoms with Gasteiger partial charge in [0.15, 0.2) is 0 Å². The van der Waals surface area contributed by atoms with Crippen LogP contribution in [0.3, 0.4) is 0 Å². The summed E-state index contributed by atoms with van der Waals surface area (Å²) < 4.78 is 1.09. The second kappa shape index (κ2) is 8.06. The molecule has 1 aliphatic heterocycles. The minimum atomic E-state index is -0.394. The largest absolute Gasteiger partial charge is 0.368 e. The average molecular weight is 372 g/mol. The van der Waals surface area contributed by atoms with Crippen LogP contribution in [0.2, 0.25) is 0 Å². The van der Waals surface area contributed by atoms with Gasteiger partial charge in [-0.3, -0.25) is 4.79 Å². The van der Waals surface area contributed by atoms with E-state index in [9.17, 15) is 4.79 Å². The molecule has 1 saturated heterocycles. The molecule has 2 atom stereocenters. The van der Waals surface area contributed by atoms with E-state index in [0.29, 0.717) is 0 Å². The number of thioether (sulfide) groups is 1. The number of anilines is 1. The molecule has 1 fully saturated rings. The Morgan fingerprint density at radius 3 is 3.05 bits per heavy atom. The first-order chi connectivity index (χ1) is 10.1. The van der Waals surface area contributed by atoms with E-state index in [4.69, 9.17) is 5.73 Å². The maximum atomic E-state index is 12.0. The Balaban J connectivity index is 1.85. The number of carbonyl (C=O) groups excluding carboxylic acids is 1. The maximum Gasteiger partial charge on any atom is 0.237 e. The molecular weight excluding hydrogens is 350 g/mol. The number of nitrogens with zero attached hydrogens (tertiary/aromatic N) is 1. The molecule has 0 spiro atoms. The molecule has 0 saturated carbocycles. The minimum Gasteiger partial charge on any atom is -0.368 e. The van der Waals surface area contributed by atoms with Gasteiger partial charge in [0.05, 0.1) is 11.7 Å². The third-order valence-corrected chi connectivity index (χ3v) is 5.01. The zero-order valence-electron chi connectivity index (χ0n) is 12.2. The van der Waals surface area contributed by atoms with Crippen LogP contribution in [-0.2, 0) is 4.79 Å². The molecule has 0 radical (unpaired) electrons. The molecule has 2 rings (SSSR count). The van der Waals surface area contributed by atoms with Gasteiger partial charge in [0.25, 0.3) is 0 Å². The van der Waals surface area contributed by atoms with Crippen LogP contribution in [0.15, 0.2) is 28.7 Å². The van der Waals surface area contributed by atoms with Gasteiger partial charge in [-0.05, 0) is 52.9 Å². The Hall–Kier alpha value is -0.720. The van der Waals surface area contributed by atoms with Crippen LogP contribution >= 0.6 is 27.7 Å². The lowest BCUT2D eigenvalue weighted by Gasteiger charge is -2.21. The number of hydrogen-bond acceptors (Lipinski definition) is 4. The number of rotatable bonds is 6. The number of nitrogens with two attached hydrogens (primary N) is 1. The first kappa shape index (κ1) is 16.6. The van der Waals surface area contributed by atoms with Crippen LogP contribution < -0.4 is 16.0 Å². The molecule has 0 aromatic heterocycles. The predicted octanol–water partition coefficient (Wildman–Crippen LogP) is 2.22. The number of nitrogens with one attached hydrogen (secondary N) is 1. The summed E-state index contributed by atoms with van der Waals surface area (Å²) in [5.41, 5.74) is 7.09. The lowest BCUT2D eigenvalue weighted by atomic mass is 10.2. The second-order valence-electron chi connectivity index (χ2n) is 5.28. The normalized spacial score (nSPS) is 19.6. The summed E-state index contributed by atoms with van der Waals surface area (Å²) in [4.78, 5) is 14.3. The van der Waals surface area contributed by atoms with E-state index in [1.165, 1.54) is 5.69 Å². The SMILES string of the molecule is CSCC[C@H](N)C(=O)NC1CCN(c2ccccc2Br)C1. The van der Waals surface area contributed by atoms with Crippen LogP contribution in [0.4, 0.5) is 5.69 Å². The van der Waals surface area contributed by atoms with E-state index >= 15 is 0 Å². The smallest absolute Gasteiger partial charge is 0.237 e. The van der Waals surface area contributed by atoms with Gasteiger partial charge in [0, 0.05) is 23.6 Å². The summed E-state index contributed by atoms with van der Waals surface area (Å²) >= 11 is 5.29. The molecule has 1 amide bonds. The molecule has 4 nitrogen and oxygen atoms in total. The van der Waals surface area contributed by atoms with Crippen LogP contribution in [0.1, 0.15) is 12.8 Å². The quantitative estimate of drug-likeness (QED) is 0.804. The predicted molar refractivity (Wildman–Crippen MR) is 93.9 cm³/mol. The number of benzene rings is 1. The third-order valence-electron chi connectivity index (χ3n) is 3.70. The molecule has 21 heavy (non-hydrogen) atoms. The zero-order chi connectivity index (χ0) is 15.2. The van der Waals surface area contributed by atoms with Crippen molar-refractivity contribution < 1.29 is 4.79 Å². The van der Waals surface area contributed by atoms with E-state index in [2.05, 4.69) is 32.2 Å². The van der Waals surface area contributed by atoms with Crippen molar-refractivity contribution in [3.8, 4) is 0 Å². The molecule has 1 heterocycles. The Kier molecular flexibility index (Phi) is 6.39. The number of hydrogen-bond donors (Lipinski definition) is 2. The van der Waals surface area contributed by atoms with Crippen molar-refractivity contribution in [2.45, 2.75) is 24.9 Å². The van der Waals surface area contributed by atoms with Gasteiger partial charge in [-0.1, -0.05) is 12.1 Å². The first-order valence-corrected chi connectivity index (χ1v) is 9.35. The van der Waals surface area contributed by atoms with Crippen molar-refractivity contribution in [1.82, 2.24) is 5.32 Å². The fourth-order valence-electron chi connectivity index (χ4n) is 2.49. The number of carbonyl (C=O) groups is 1. The Morgan fingerprint density at radius 2 is 2.33 bits per heavy atom. The fourth-order valence-corrected chi connectivity index (χ4v) is 3.51. The van der Waals surface area contributed by atoms with Gasteiger partial charge in [0.2, 0.25) is 5.91 Å². The van der Waals surface area contributed by atoms with Crippen LogP contribution in [-0.4, -0.2) is 43.1 Å². The average Bonchev–Trinajstić information content (AvgIpc) is 2.93. The van der Waals surface area contributed by atoms with Gasteiger partial charge in [-0.25, -0.2) is 0 Å². The highest BCUT2D eigenvalue weighted by molar-refractivity contribution is 9.10. The van der Waals surface area contributed by atoms with Gasteiger partial charge in [0.1, 0.15) is 0 Å². The molecule has 1 aliphatic rings. The van der Waals surface area contributed by atoms with Gasteiger partial charge in [-0.2, -0.15) is 11.8 Å². The van der Waals surface area contributed by atoms with Crippen molar-refractivity contribution in [3.63, 3.8) is 0 Å². The number of para-hydroxylation sites is 1. The Bertz CT molecular complexity index is 486. The van der Waals surface area contributed by atoms with E-state index < -0.39 is 6.04 Å². The molecule has 116 valence electrons. The molecule has 6 heteroatoms. The lowest BCUT2D eigenvalue weighted by Crippen LogP contribution is -2.46. The van der Waals surface area contributed by atoms with Crippen molar-refractivity contribution in [2.24, 2.45) is 5.73 Å². The number of amides is 1. The van der Waals surface area contributed by atoms with Gasteiger partial charge >= 0.3 is 0 Å². The summed E-state index contributed by atoms with van der Waals surface area (Å²) in [6.45, 7) is 1.79. The zero-order valence-corrected chi connectivity index (χ0v) is 14.6. The standard InChI is InChI=1S/C15H22BrN3OS/c1-21-9-7-13(17)15(20)18-11-6-8-19(10-11)14-5-3-2-4-12(14)16/h2-5,11,13H,6-10,17H2,1H3,(H,18,20)/t11?,13-/m0/s1. The molecule has 1 unspecified atom stereocenters. The molecule has 1 aromatic carbocycles. The fraction of sp³-hybridized carbons (Fsp3) is 0.533. The highest BCUT2D eigenvalue weighted by Gasteiger charge is 2.26.